The molecule has 4 nitrogen and oxygen atoms in total. The van der Waals surface area contributed by atoms with Crippen molar-refractivity contribution in [3.05, 3.63) is 28.8 Å². The van der Waals surface area contributed by atoms with Crippen LogP contribution in [0.1, 0.15) is 16.7 Å². The van der Waals surface area contributed by atoms with E-state index in [1.807, 2.05) is 0 Å². The maximum atomic E-state index is 11.9. The monoisotopic (exact) mass is 290 g/mol. The van der Waals surface area contributed by atoms with Crippen LogP contribution in [0.4, 0.5) is 13.2 Å². The van der Waals surface area contributed by atoms with Gasteiger partial charge in [0.25, 0.3) is 0 Å². The van der Waals surface area contributed by atoms with Gasteiger partial charge in [-0.3, -0.25) is 5.41 Å². The van der Waals surface area contributed by atoms with Crippen molar-refractivity contribution in [2.45, 2.75) is 20.0 Å². The highest BCUT2D eigenvalue weighted by molar-refractivity contribution is 5.95. The molecule has 1 aromatic carbocycles. The molecule has 0 aliphatic carbocycles. The molecule has 0 spiro atoms. The van der Waals surface area contributed by atoms with Crippen LogP contribution in [0.25, 0.3) is 0 Å². The van der Waals surface area contributed by atoms with Gasteiger partial charge in [0.2, 0.25) is 0 Å². The number of alkyl halides is 3. The van der Waals surface area contributed by atoms with Crippen LogP contribution in [0.5, 0.6) is 5.75 Å². The molecule has 1 rings (SSSR count). The highest BCUT2D eigenvalue weighted by Crippen LogP contribution is 2.24. The van der Waals surface area contributed by atoms with Crippen molar-refractivity contribution in [3.63, 3.8) is 0 Å². The normalized spacial score (nSPS) is 11.4. The lowest BCUT2D eigenvalue weighted by Gasteiger charge is -2.14. The SMILES string of the molecule is Cc1cc(C(=N)N)cc(C)c1OCCOCC(F)(F)F. The molecule has 1 aromatic rings. The number of rotatable bonds is 6. The second kappa shape index (κ2) is 6.60. The van der Waals surface area contributed by atoms with Gasteiger partial charge in [-0.05, 0) is 37.1 Å². The van der Waals surface area contributed by atoms with Gasteiger partial charge in [0.1, 0.15) is 24.8 Å². The Morgan fingerprint density at radius 3 is 2.20 bits per heavy atom. The van der Waals surface area contributed by atoms with Crippen molar-refractivity contribution in [3.8, 4) is 5.75 Å². The number of ether oxygens (including phenoxy) is 2. The first kappa shape index (κ1) is 16.3. The number of halogens is 3. The Labute approximate surface area is 115 Å². The average molecular weight is 290 g/mol. The molecule has 3 N–H and O–H groups in total. The molecule has 0 aromatic heterocycles. The first-order valence-electron chi connectivity index (χ1n) is 5.93. The summed E-state index contributed by atoms with van der Waals surface area (Å²) in [6, 6.07) is 3.39. The second-order valence-corrected chi connectivity index (χ2v) is 4.37. The van der Waals surface area contributed by atoms with E-state index in [9.17, 15) is 13.2 Å². The molecule has 7 heteroatoms. The molecule has 0 aliphatic rings. The Hall–Kier alpha value is -1.76. The van der Waals surface area contributed by atoms with Gasteiger partial charge < -0.3 is 15.2 Å². The molecule has 0 fully saturated rings. The molecule has 0 radical (unpaired) electrons. The fourth-order valence-corrected chi connectivity index (χ4v) is 1.72. The number of hydrogen-bond donors (Lipinski definition) is 2. The summed E-state index contributed by atoms with van der Waals surface area (Å²) in [5.41, 5.74) is 7.52. The molecule has 0 aliphatic heterocycles. The lowest BCUT2D eigenvalue weighted by molar-refractivity contribution is -0.175. The minimum atomic E-state index is -4.32. The van der Waals surface area contributed by atoms with Crippen molar-refractivity contribution < 1.29 is 22.6 Å². The van der Waals surface area contributed by atoms with Crippen LogP contribution in [0.15, 0.2) is 12.1 Å². The van der Waals surface area contributed by atoms with Crippen LogP contribution >= 0.6 is 0 Å². The summed E-state index contributed by atoms with van der Waals surface area (Å²) >= 11 is 0. The summed E-state index contributed by atoms with van der Waals surface area (Å²) in [6.45, 7) is 2.16. The maximum Gasteiger partial charge on any atom is 0.411 e. The van der Waals surface area contributed by atoms with Crippen LogP contribution in [0.3, 0.4) is 0 Å². The van der Waals surface area contributed by atoms with Crippen LogP contribution in [-0.2, 0) is 4.74 Å². The zero-order valence-electron chi connectivity index (χ0n) is 11.3. The second-order valence-electron chi connectivity index (χ2n) is 4.37. The number of amidine groups is 1. The lowest BCUT2D eigenvalue weighted by Crippen LogP contribution is -2.19. The smallest absolute Gasteiger partial charge is 0.411 e. The average Bonchev–Trinajstić information content (AvgIpc) is 2.29. The quantitative estimate of drug-likeness (QED) is 0.480. The van der Waals surface area contributed by atoms with Crippen LogP contribution in [-0.4, -0.2) is 31.8 Å². The Balaban J connectivity index is 2.55. The predicted molar refractivity (Wildman–Crippen MR) is 69.3 cm³/mol. The van der Waals surface area contributed by atoms with Crippen LogP contribution in [0.2, 0.25) is 0 Å². The van der Waals surface area contributed by atoms with Gasteiger partial charge >= 0.3 is 6.18 Å². The zero-order chi connectivity index (χ0) is 15.3. The molecule has 0 saturated carbocycles. The van der Waals surface area contributed by atoms with Crippen LogP contribution < -0.4 is 10.5 Å². The highest BCUT2D eigenvalue weighted by Gasteiger charge is 2.27. The molecule has 112 valence electrons. The van der Waals surface area contributed by atoms with E-state index >= 15 is 0 Å². The summed E-state index contributed by atoms with van der Waals surface area (Å²) in [4.78, 5) is 0. The van der Waals surface area contributed by atoms with Crippen molar-refractivity contribution in [2.24, 2.45) is 5.73 Å². The fourth-order valence-electron chi connectivity index (χ4n) is 1.72. The van der Waals surface area contributed by atoms with Gasteiger partial charge in [0, 0.05) is 5.56 Å². The molecular weight excluding hydrogens is 273 g/mol. The van der Waals surface area contributed by atoms with E-state index in [2.05, 4.69) is 4.74 Å². The Morgan fingerprint density at radius 2 is 1.75 bits per heavy atom. The molecule has 0 bridgehead atoms. The minimum Gasteiger partial charge on any atom is -0.491 e. The molecule has 0 atom stereocenters. The van der Waals surface area contributed by atoms with Gasteiger partial charge in [-0.2, -0.15) is 13.2 Å². The summed E-state index contributed by atoms with van der Waals surface area (Å²) in [5, 5.41) is 7.36. The Bertz CT molecular complexity index is 464. The van der Waals surface area contributed by atoms with E-state index in [1.54, 1.807) is 26.0 Å². The third kappa shape index (κ3) is 5.08. The number of hydrogen-bond acceptors (Lipinski definition) is 3. The first-order chi connectivity index (χ1) is 9.20. The van der Waals surface area contributed by atoms with Gasteiger partial charge in [0.15, 0.2) is 0 Å². The lowest BCUT2D eigenvalue weighted by atomic mass is 10.1. The molecule has 0 saturated heterocycles. The van der Waals surface area contributed by atoms with E-state index in [0.29, 0.717) is 11.3 Å². The number of nitrogens with two attached hydrogens (primary N) is 1. The number of aryl methyl sites for hydroxylation is 2. The van der Waals surface area contributed by atoms with Crippen molar-refractivity contribution >= 4 is 5.84 Å². The summed E-state index contributed by atoms with van der Waals surface area (Å²) in [6.07, 6.45) is -4.32. The summed E-state index contributed by atoms with van der Waals surface area (Å²) in [5.74, 6) is 0.530. The van der Waals surface area contributed by atoms with Gasteiger partial charge in [-0.25, -0.2) is 0 Å². The topological polar surface area (TPSA) is 68.3 Å². The Morgan fingerprint density at radius 1 is 1.20 bits per heavy atom. The van der Waals surface area contributed by atoms with Crippen molar-refractivity contribution in [2.75, 3.05) is 19.8 Å². The van der Waals surface area contributed by atoms with Crippen molar-refractivity contribution in [1.82, 2.24) is 0 Å². The summed E-state index contributed by atoms with van der Waals surface area (Å²) < 4.78 is 45.4. The Kier molecular flexibility index (Phi) is 5.38. The van der Waals surface area contributed by atoms with Gasteiger partial charge in [0.05, 0.1) is 6.61 Å². The van der Waals surface area contributed by atoms with E-state index in [-0.39, 0.29) is 19.0 Å². The molecule has 20 heavy (non-hydrogen) atoms. The van der Waals surface area contributed by atoms with E-state index < -0.39 is 12.8 Å². The molecular formula is C13H17F3N2O2. The maximum absolute atomic E-state index is 11.9. The van der Waals surface area contributed by atoms with E-state index in [1.165, 1.54) is 0 Å². The first-order valence-corrected chi connectivity index (χ1v) is 5.93. The fraction of sp³-hybridized carbons (Fsp3) is 0.462. The minimum absolute atomic E-state index is 0.0250. The number of benzene rings is 1. The van der Waals surface area contributed by atoms with Gasteiger partial charge in [-0.15, -0.1) is 0 Å². The molecule has 0 amide bonds. The van der Waals surface area contributed by atoms with E-state index in [0.717, 1.165) is 11.1 Å². The number of nitrogens with one attached hydrogen (secondary N) is 1. The molecule has 0 unspecified atom stereocenters. The third-order valence-electron chi connectivity index (χ3n) is 2.51. The highest BCUT2D eigenvalue weighted by atomic mass is 19.4. The zero-order valence-corrected chi connectivity index (χ0v) is 11.3. The standard InChI is InChI=1S/C13H17F3N2O2/c1-8-5-10(12(17)18)6-9(2)11(8)20-4-3-19-7-13(14,15)16/h5-6H,3-4,7H2,1-2H3,(H3,17,18). The third-order valence-corrected chi connectivity index (χ3v) is 2.51. The largest absolute Gasteiger partial charge is 0.491 e. The van der Waals surface area contributed by atoms with Crippen LogP contribution in [0, 0.1) is 19.3 Å². The predicted octanol–water partition coefficient (Wildman–Crippen LogP) is 2.55. The van der Waals surface area contributed by atoms with Gasteiger partial charge in [-0.1, -0.05) is 0 Å². The summed E-state index contributed by atoms with van der Waals surface area (Å²) in [7, 11) is 0. The molecule has 0 heterocycles. The number of nitrogen functional groups attached to an aromatic ring is 1. The van der Waals surface area contributed by atoms with Crippen molar-refractivity contribution in [1.29, 1.82) is 5.41 Å². The van der Waals surface area contributed by atoms with E-state index in [4.69, 9.17) is 15.9 Å².